The number of allylic oxidation sites excluding steroid dienone is 1. The van der Waals surface area contributed by atoms with Crippen LogP contribution in [0.15, 0.2) is 66.5 Å². The summed E-state index contributed by atoms with van der Waals surface area (Å²) in [6, 6.07) is 11.1. The van der Waals surface area contributed by atoms with Gasteiger partial charge >= 0.3 is 6.18 Å². The van der Waals surface area contributed by atoms with E-state index in [1.54, 1.807) is 6.08 Å². The van der Waals surface area contributed by atoms with Crippen molar-refractivity contribution in [3.05, 3.63) is 87.9 Å². The third kappa shape index (κ3) is 6.79. The highest BCUT2D eigenvalue weighted by molar-refractivity contribution is 7.99. The monoisotopic (exact) mass is 563 g/mol. The molecular formula is C25H21ClF3N5OS2. The fourth-order valence-corrected chi connectivity index (χ4v) is 5.20. The van der Waals surface area contributed by atoms with Gasteiger partial charge in [0.25, 0.3) is 0 Å². The van der Waals surface area contributed by atoms with Gasteiger partial charge < -0.3 is 5.32 Å². The van der Waals surface area contributed by atoms with Crippen molar-refractivity contribution >= 4 is 45.7 Å². The van der Waals surface area contributed by atoms with Crippen LogP contribution in [-0.4, -0.2) is 31.4 Å². The Morgan fingerprint density at radius 3 is 2.68 bits per heavy atom. The zero-order valence-electron chi connectivity index (χ0n) is 19.6. The molecule has 0 radical (unpaired) electrons. The van der Waals surface area contributed by atoms with Crippen molar-refractivity contribution in [2.45, 2.75) is 31.2 Å². The van der Waals surface area contributed by atoms with Crippen LogP contribution in [0.2, 0.25) is 5.02 Å². The average molecular weight is 564 g/mol. The highest BCUT2D eigenvalue weighted by Crippen LogP contribution is 2.33. The molecule has 1 N–H and O–H groups in total. The van der Waals surface area contributed by atoms with Gasteiger partial charge in [-0.15, -0.1) is 28.1 Å². The zero-order chi connectivity index (χ0) is 26.6. The number of nitrogens with zero attached hydrogens (tertiary/aromatic N) is 4. The lowest BCUT2D eigenvalue weighted by Gasteiger charge is -2.09. The van der Waals surface area contributed by atoms with Gasteiger partial charge in [-0.1, -0.05) is 59.3 Å². The fraction of sp³-hybridized carbons (Fsp3) is 0.200. The molecule has 6 nitrogen and oxygen atoms in total. The maximum atomic E-state index is 13.0. The molecule has 192 valence electrons. The second-order valence-electron chi connectivity index (χ2n) is 8.02. The second kappa shape index (κ2) is 11.5. The Bertz CT molecular complexity index is 1420. The van der Waals surface area contributed by atoms with Crippen LogP contribution in [-0.2, 0) is 23.9 Å². The molecule has 0 aliphatic carbocycles. The number of carbonyl (C=O) groups is 1. The molecule has 0 aliphatic rings. The second-order valence-corrected chi connectivity index (χ2v) is 10.5. The van der Waals surface area contributed by atoms with Gasteiger partial charge in [0, 0.05) is 34.6 Å². The number of halogens is 4. The molecule has 0 unspecified atom stereocenters. The summed E-state index contributed by atoms with van der Waals surface area (Å²) in [7, 11) is 0. The topological polar surface area (TPSA) is 72.7 Å². The minimum atomic E-state index is -4.46. The quantitative estimate of drug-likeness (QED) is 0.177. The SMILES string of the molecule is C=CCn1c(SCC(=O)Nc2ncc(Cc3cc(C(F)(F)F)ccc3Cl)s2)nnc1-c1ccc(C)cc1. The first-order valence-electron chi connectivity index (χ1n) is 11.0. The molecule has 0 saturated carbocycles. The van der Waals surface area contributed by atoms with Gasteiger partial charge in [-0.2, -0.15) is 13.2 Å². The Labute approximate surface area is 224 Å². The molecule has 4 rings (SSSR count). The summed E-state index contributed by atoms with van der Waals surface area (Å²) in [6.07, 6.45) is -1.05. The van der Waals surface area contributed by atoms with E-state index in [1.165, 1.54) is 35.4 Å². The van der Waals surface area contributed by atoms with E-state index in [1.807, 2.05) is 35.8 Å². The van der Waals surface area contributed by atoms with E-state index in [9.17, 15) is 18.0 Å². The maximum absolute atomic E-state index is 13.0. The molecule has 2 aromatic carbocycles. The highest BCUT2D eigenvalue weighted by Gasteiger charge is 2.31. The number of thiazole rings is 1. The van der Waals surface area contributed by atoms with Crippen molar-refractivity contribution in [2.75, 3.05) is 11.1 Å². The van der Waals surface area contributed by atoms with Crippen molar-refractivity contribution in [1.29, 1.82) is 0 Å². The van der Waals surface area contributed by atoms with Gasteiger partial charge in [0.2, 0.25) is 5.91 Å². The van der Waals surface area contributed by atoms with Crippen molar-refractivity contribution in [2.24, 2.45) is 0 Å². The van der Waals surface area contributed by atoms with Gasteiger partial charge in [0.1, 0.15) is 0 Å². The molecule has 0 atom stereocenters. The number of aromatic nitrogens is 4. The third-order valence-electron chi connectivity index (χ3n) is 5.21. The van der Waals surface area contributed by atoms with E-state index >= 15 is 0 Å². The molecule has 1 amide bonds. The standard InChI is InChI=1S/C25H21ClF3N5OS2/c1-3-10-34-22(16-6-4-15(2)5-7-16)32-33-24(34)36-14-21(35)31-23-30-13-19(37-23)12-17-11-18(25(27,28)29)8-9-20(17)26/h3-9,11,13H,1,10,12,14H2,2H3,(H,30,31,35). The summed E-state index contributed by atoms with van der Waals surface area (Å²) in [4.78, 5) is 17.4. The number of anilines is 1. The minimum absolute atomic E-state index is 0.0670. The number of alkyl halides is 3. The van der Waals surface area contributed by atoms with Crippen LogP contribution < -0.4 is 5.32 Å². The first-order chi connectivity index (χ1) is 17.6. The van der Waals surface area contributed by atoms with Gasteiger partial charge in [0.05, 0.1) is 11.3 Å². The predicted octanol–water partition coefficient (Wildman–Crippen LogP) is 6.89. The molecule has 0 saturated heterocycles. The number of rotatable bonds is 9. The van der Waals surface area contributed by atoms with Gasteiger partial charge in [-0.3, -0.25) is 9.36 Å². The van der Waals surface area contributed by atoms with E-state index < -0.39 is 11.7 Å². The molecule has 2 heterocycles. The Morgan fingerprint density at radius 2 is 1.97 bits per heavy atom. The van der Waals surface area contributed by atoms with Crippen LogP contribution in [0.25, 0.3) is 11.4 Å². The lowest BCUT2D eigenvalue weighted by atomic mass is 10.1. The molecular weight excluding hydrogens is 543 g/mol. The summed E-state index contributed by atoms with van der Waals surface area (Å²) in [5.41, 5.74) is 1.61. The van der Waals surface area contributed by atoms with E-state index in [-0.39, 0.29) is 23.1 Å². The van der Waals surface area contributed by atoms with E-state index in [4.69, 9.17) is 11.6 Å². The number of amides is 1. The van der Waals surface area contributed by atoms with Gasteiger partial charge in [-0.25, -0.2) is 4.98 Å². The summed E-state index contributed by atoms with van der Waals surface area (Å²) >= 11 is 8.50. The summed E-state index contributed by atoms with van der Waals surface area (Å²) in [5.74, 6) is 0.450. The Morgan fingerprint density at radius 1 is 1.22 bits per heavy atom. The minimum Gasteiger partial charge on any atom is -0.301 e. The normalized spacial score (nSPS) is 11.5. The maximum Gasteiger partial charge on any atom is 0.416 e. The lowest BCUT2D eigenvalue weighted by Crippen LogP contribution is -2.14. The summed E-state index contributed by atoms with van der Waals surface area (Å²) in [5, 5.41) is 12.4. The lowest BCUT2D eigenvalue weighted by molar-refractivity contribution is -0.137. The van der Waals surface area contributed by atoms with Crippen LogP contribution in [0.1, 0.15) is 21.6 Å². The molecule has 4 aromatic rings. The molecule has 0 aliphatic heterocycles. The Kier molecular flexibility index (Phi) is 8.35. The third-order valence-corrected chi connectivity index (χ3v) is 7.46. The van der Waals surface area contributed by atoms with Crippen LogP contribution in [0, 0.1) is 6.92 Å². The molecule has 0 fully saturated rings. The van der Waals surface area contributed by atoms with Gasteiger partial charge in [0.15, 0.2) is 16.1 Å². The molecule has 2 aromatic heterocycles. The van der Waals surface area contributed by atoms with Gasteiger partial charge in [-0.05, 0) is 30.7 Å². The number of nitrogens with one attached hydrogen (secondary N) is 1. The van der Waals surface area contributed by atoms with Crippen molar-refractivity contribution in [3.8, 4) is 11.4 Å². The van der Waals surface area contributed by atoms with E-state index in [0.717, 1.165) is 23.3 Å². The average Bonchev–Trinajstić information content (AvgIpc) is 3.46. The molecule has 12 heteroatoms. The smallest absolute Gasteiger partial charge is 0.301 e. The van der Waals surface area contributed by atoms with Crippen LogP contribution >= 0.6 is 34.7 Å². The fourth-order valence-electron chi connectivity index (χ4n) is 3.41. The van der Waals surface area contributed by atoms with Crippen molar-refractivity contribution in [1.82, 2.24) is 19.7 Å². The number of benzene rings is 2. The van der Waals surface area contributed by atoms with Crippen molar-refractivity contribution < 1.29 is 18.0 Å². The number of hydrogen-bond donors (Lipinski definition) is 1. The van der Waals surface area contributed by atoms with Crippen LogP contribution in [0.3, 0.4) is 0 Å². The molecule has 0 bridgehead atoms. The Hall–Kier alpha value is -3.15. The van der Waals surface area contributed by atoms with Crippen LogP contribution in [0.4, 0.5) is 18.3 Å². The first kappa shape index (κ1) is 26.9. The van der Waals surface area contributed by atoms with Crippen LogP contribution in [0.5, 0.6) is 0 Å². The first-order valence-corrected chi connectivity index (χ1v) is 13.2. The van der Waals surface area contributed by atoms with E-state index in [0.29, 0.717) is 33.1 Å². The highest BCUT2D eigenvalue weighted by atomic mass is 35.5. The summed E-state index contributed by atoms with van der Waals surface area (Å²) in [6.45, 7) is 6.28. The number of thioether (sulfide) groups is 1. The molecule has 37 heavy (non-hydrogen) atoms. The Balaban J connectivity index is 1.39. The number of hydrogen-bond acceptors (Lipinski definition) is 6. The summed E-state index contributed by atoms with van der Waals surface area (Å²) < 4.78 is 41.0. The van der Waals surface area contributed by atoms with E-state index in [2.05, 4.69) is 27.1 Å². The van der Waals surface area contributed by atoms with Crippen molar-refractivity contribution in [3.63, 3.8) is 0 Å². The predicted molar refractivity (Wildman–Crippen MR) is 141 cm³/mol. The number of aryl methyl sites for hydroxylation is 1. The zero-order valence-corrected chi connectivity index (χ0v) is 21.9. The number of carbonyl (C=O) groups excluding carboxylic acids is 1. The molecule has 0 spiro atoms. The largest absolute Gasteiger partial charge is 0.416 e.